The second-order valence-corrected chi connectivity index (χ2v) is 11.5. The standard InChI is InChI=1S/C33H68N2O/c1-5-8-11-14-16-21-26-32(25-20-13-10-7-3)28-29-33(36)27-22-17-15-19-24-31-35(34-4)30-23-18-12-9-6-2/h32,34H,5-31H2,1-4H3. The van der Waals surface area contributed by atoms with Crippen molar-refractivity contribution in [2.45, 2.75) is 181 Å². The first-order valence-electron chi connectivity index (χ1n) is 16.6. The Morgan fingerprint density at radius 3 is 1.44 bits per heavy atom. The third-order valence-corrected chi connectivity index (χ3v) is 7.99. The maximum absolute atomic E-state index is 12.5. The Labute approximate surface area is 228 Å². The zero-order chi connectivity index (χ0) is 26.5. The summed E-state index contributed by atoms with van der Waals surface area (Å²) in [5.74, 6) is 1.32. The van der Waals surface area contributed by atoms with Crippen LogP contribution in [0.2, 0.25) is 0 Å². The summed E-state index contributed by atoms with van der Waals surface area (Å²) in [5, 5.41) is 2.39. The SMILES string of the molecule is CCCCCCCCC(CCCCCC)CCC(=O)CCCCCCCN(CCCCCCC)NC. The third kappa shape index (κ3) is 25.2. The van der Waals surface area contributed by atoms with Gasteiger partial charge in [-0.05, 0) is 38.6 Å². The highest BCUT2D eigenvalue weighted by Gasteiger charge is 2.12. The number of nitrogens with zero attached hydrogens (tertiary/aromatic N) is 1. The molecule has 0 aromatic heterocycles. The molecule has 0 saturated carbocycles. The zero-order valence-electron chi connectivity index (χ0n) is 25.5. The molecule has 0 aromatic rings. The number of ketones is 1. The topological polar surface area (TPSA) is 32.3 Å². The highest BCUT2D eigenvalue weighted by atomic mass is 16.1. The summed E-state index contributed by atoms with van der Waals surface area (Å²) in [6.07, 6.45) is 32.1. The lowest BCUT2D eigenvalue weighted by molar-refractivity contribution is -0.119. The molecule has 1 unspecified atom stereocenters. The van der Waals surface area contributed by atoms with E-state index < -0.39 is 0 Å². The maximum atomic E-state index is 12.5. The molecule has 3 heteroatoms. The van der Waals surface area contributed by atoms with Gasteiger partial charge in [-0.1, -0.05) is 143 Å². The summed E-state index contributed by atoms with van der Waals surface area (Å²) in [4.78, 5) is 12.5. The van der Waals surface area contributed by atoms with Gasteiger partial charge in [-0.3, -0.25) is 10.2 Å². The second-order valence-electron chi connectivity index (χ2n) is 11.5. The number of hydrazine groups is 1. The Hall–Kier alpha value is -0.410. The highest BCUT2D eigenvalue weighted by molar-refractivity contribution is 5.78. The van der Waals surface area contributed by atoms with Crippen molar-refractivity contribution < 1.29 is 4.79 Å². The van der Waals surface area contributed by atoms with Gasteiger partial charge in [0, 0.05) is 25.9 Å². The van der Waals surface area contributed by atoms with Crippen LogP contribution in [0, 0.1) is 5.92 Å². The van der Waals surface area contributed by atoms with E-state index in [1.165, 1.54) is 141 Å². The van der Waals surface area contributed by atoms with Crippen LogP contribution in [0.15, 0.2) is 0 Å². The monoisotopic (exact) mass is 509 g/mol. The van der Waals surface area contributed by atoms with Gasteiger partial charge in [-0.2, -0.15) is 0 Å². The van der Waals surface area contributed by atoms with Crippen molar-refractivity contribution in [1.82, 2.24) is 10.4 Å². The molecule has 0 aliphatic rings. The zero-order valence-corrected chi connectivity index (χ0v) is 25.5. The molecule has 0 aliphatic heterocycles. The predicted octanol–water partition coefficient (Wildman–Crippen LogP) is 10.4. The van der Waals surface area contributed by atoms with Gasteiger partial charge in [0.15, 0.2) is 0 Å². The molecule has 0 aromatic carbocycles. The van der Waals surface area contributed by atoms with Crippen molar-refractivity contribution in [3.05, 3.63) is 0 Å². The van der Waals surface area contributed by atoms with Gasteiger partial charge in [-0.25, -0.2) is 5.01 Å². The summed E-state index contributed by atoms with van der Waals surface area (Å²) in [7, 11) is 2.06. The average Bonchev–Trinajstić information content (AvgIpc) is 2.89. The van der Waals surface area contributed by atoms with Crippen molar-refractivity contribution in [3.8, 4) is 0 Å². The molecule has 0 rings (SSSR count). The molecule has 216 valence electrons. The maximum Gasteiger partial charge on any atom is 0.132 e. The molecular weight excluding hydrogens is 440 g/mol. The molecule has 0 spiro atoms. The van der Waals surface area contributed by atoms with Crippen LogP contribution in [0.1, 0.15) is 181 Å². The number of hydrogen-bond acceptors (Lipinski definition) is 3. The van der Waals surface area contributed by atoms with Crippen LogP contribution in [0.4, 0.5) is 0 Å². The Morgan fingerprint density at radius 1 is 0.528 bits per heavy atom. The summed E-state index contributed by atoms with van der Waals surface area (Å²) >= 11 is 0. The summed E-state index contributed by atoms with van der Waals surface area (Å²) < 4.78 is 0. The fraction of sp³-hybridized carbons (Fsp3) is 0.970. The van der Waals surface area contributed by atoms with E-state index in [0.717, 1.165) is 38.1 Å². The molecule has 0 amide bonds. The van der Waals surface area contributed by atoms with E-state index in [1.807, 2.05) is 0 Å². The Morgan fingerprint density at radius 2 is 0.944 bits per heavy atom. The van der Waals surface area contributed by atoms with Crippen LogP contribution in [0.25, 0.3) is 0 Å². The molecule has 0 aliphatic carbocycles. The Bertz CT molecular complexity index is 439. The summed E-state index contributed by atoms with van der Waals surface area (Å²) in [6.45, 7) is 9.19. The van der Waals surface area contributed by atoms with E-state index in [1.54, 1.807) is 0 Å². The highest BCUT2D eigenvalue weighted by Crippen LogP contribution is 2.24. The van der Waals surface area contributed by atoms with Crippen molar-refractivity contribution >= 4 is 5.78 Å². The van der Waals surface area contributed by atoms with Gasteiger partial charge in [0.1, 0.15) is 5.78 Å². The van der Waals surface area contributed by atoms with E-state index >= 15 is 0 Å². The number of Topliss-reactive ketones (excluding diaryl/α,β-unsaturated/α-hetero) is 1. The number of unbranched alkanes of at least 4 members (excludes halogenated alkanes) is 16. The normalized spacial score (nSPS) is 12.5. The van der Waals surface area contributed by atoms with Crippen LogP contribution in [-0.2, 0) is 4.79 Å². The van der Waals surface area contributed by atoms with Crippen LogP contribution in [0.5, 0.6) is 0 Å². The largest absolute Gasteiger partial charge is 0.300 e. The molecule has 0 bridgehead atoms. The van der Waals surface area contributed by atoms with Gasteiger partial charge < -0.3 is 0 Å². The van der Waals surface area contributed by atoms with Gasteiger partial charge in [0.05, 0.1) is 0 Å². The predicted molar refractivity (Wildman–Crippen MR) is 162 cm³/mol. The molecule has 0 fully saturated rings. The van der Waals surface area contributed by atoms with Crippen LogP contribution < -0.4 is 5.43 Å². The summed E-state index contributed by atoms with van der Waals surface area (Å²) in [5.41, 5.74) is 3.36. The molecule has 36 heavy (non-hydrogen) atoms. The van der Waals surface area contributed by atoms with Crippen molar-refractivity contribution in [2.24, 2.45) is 5.92 Å². The minimum absolute atomic E-state index is 0.529. The first-order chi connectivity index (χ1) is 17.7. The quantitative estimate of drug-likeness (QED) is 0.0773. The first kappa shape index (κ1) is 35.6. The number of nitrogens with one attached hydrogen (secondary N) is 1. The number of carbonyl (C=O) groups excluding carboxylic acids is 1. The average molecular weight is 509 g/mol. The van der Waals surface area contributed by atoms with Crippen molar-refractivity contribution in [3.63, 3.8) is 0 Å². The van der Waals surface area contributed by atoms with E-state index in [-0.39, 0.29) is 0 Å². The molecule has 0 saturated heterocycles. The van der Waals surface area contributed by atoms with Crippen LogP contribution in [0.3, 0.4) is 0 Å². The molecule has 1 N–H and O–H groups in total. The minimum Gasteiger partial charge on any atom is -0.300 e. The van der Waals surface area contributed by atoms with Crippen molar-refractivity contribution in [1.29, 1.82) is 0 Å². The Kier molecular flexibility index (Phi) is 28.8. The van der Waals surface area contributed by atoms with Gasteiger partial charge in [0.25, 0.3) is 0 Å². The van der Waals surface area contributed by atoms with E-state index in [0.29, 0.717) is 5.78 Å². The van der Waals surface area contributed by atoms with Crippen LogP contribution >= 0.6 is 0 Å². The Balaban J connectivity index is 3.87. The van der Waals surface area contributed by atoms with E-state index in [9.17, 15) is 4.79 Å². The second kappa shape index (κ2) is 29.2. The lowest BCUT2D eigenvalue weighted by Crippen LogP contribution is -2.36. The molecule has 1 atom stereocenters. The van der Waals surface area contributed by atoms with Crippen LogP contribution in [-0.4, -0.2) is 30.9 Å². The lowest BCUT2D eigenvalue weighted by atomic mass is 9.89. The number of carbonyl (C=O) groups is 1. The number of rotatable bonds is 30. The van der Waals surface area contributed by atoms with E-state index in [4.69, 9.17) is 0 Å². The number of hydrogen-bond donors (Lipinski definition) is 1. The molecule has 3 nitrogen and oxygen atoms in total. The molecular formula is C33H68N2O. The lowest BCUT2D eigenvalue weighted by Gasteiger charge is -2.20. The van der Waals surface area contributed by atoms with Gasteiger partial charge >= 0.3 is 0 Å². The molecule has 0 heterocycles. The van der Waals surface area contributed by atoms with E-state index in [2.05, 4.69) is 38.3 Å². The van der Waals surface area contributed by atoms with Gasteiger partial charge in [-0.15, -0.1) is 0 Å². The fourth-order valence-electron chi connectivity index (χ4n) is 5.39. The summed E-state index contributed by atoms with van der Waals surface area (Å²) in [6, 6.07) is 0. The van der Waals surface area contributed by atoms with Gasteiger partial charge in [0.2, 0.25) is 0 Å². The van der Waals surface area contributed by atoms with Crippen molar-refractivity contribution in [2.75, 3.05) is 20.1 Å². The smallest absolute Gasteiger partial charge is 0.132 e. The molecule has 0 radical (unpaired) electrons. The fourth-order valence-corrected chi connectivity index (χ4v) is 5.39. The minimum atomic E-state index is 0.529. The first-order valence-corrected chi connectivity index (χ1v) is 16.6. The third-order valence-electron chi connectivity index (χ3n) is 7.99.